The van der Waals surface area contributed by atoms with Crippen LogP contribution < -0.4 is 0 Å². The molecule has 3 heteroatoms. The molecule has 20 heavy (non-hydrogen) atoms. The molecule has 0 N–H and O–H groups in total. The zero-order valence-corrected chi connectivity index (χ0v) is 13.2. The van der Waals surface area contributed by atoms with E-state index in [2.05, 4.69) is 20.8 Å². The van der Waals surface area contributed by atoms with E-state index in [1.54, 1.807) is 0 Å². The second-order valence-corrected chi connectivity index (χ2v) is 7.14. The maximum absolute atomic E-state index is 6.38. The molecule has 3 atom stereocenters. The van der Waals surface area contributed by atoms with Crippen molar-refractivity contribution in [2.24, 2.45) is 5.92 Å². The van der Waals surface area contributed by atoms with Crippen molar-refractivity contribution in [1.82, 2.24) is 0 Å². The minimum absolute atomic E-state index is 0.0277. The van der Waals surface area contributed by atoms with E-state index in [-0.39, 0.29) is 17.3 Å². The summed E-state index contributed by atoms with van der Waals surface area (Å²) < 4.78 is 12.6. The monoisotopic (exact) mass is 294 g/mol. The van der Waals surface area contributed by atoms with Gasteiger partial charge in [-0.2, -0.15) is 0 Å². The maximum atomic E-state index is 6.38. The van der Waals surface area contributed by atoms with Crippen LogP contribution in [0.25, 0.3) is 0 Å². The quantitative estimate of drug-likeness (QED) is 0.808. The van der Waals surface area contributed by atoms with Crippen LogP contribution in [-0.4, -0.2) is 17.3 Å². The summed E-state index contributed by atoms with van der Waals surface area (Å²) in [5, 5.41) is 0.778. The molecular formula is C17H23ClO2. The van der Waals surface area contributed by atoms with Crippen molar-refractivity contribution >= 4 is 11.6 Å². The van der Waals surface area contributed by atoms with Gasteiger partial charge in [-0.25, -0.2) is 0 Å². The minimum atomic E-state index is -0.120. The lowest BCUT2D eigenvalue weighted by molar-refractivity contribution is -0.0959. The molecule has 2 aliphatic rings. The van der Waals surface area contributed by atoms with Crippen molar-refractivity contribution in [3.05, 3.63) is 34.9 Å². The summed E-state index contributed by atoms with van der Waals surface area (Å²) in [6, 6.07) is 7.88. The lowest BCUT2D eigenvalue weighted by atomic mass is 9.75. The molecular weight excluding hydrogens is 272 g/mol. The van der Waals surface area contributed by atoms with Crippen LogP contribution in [0.15, 0.2) is 24.3 Å². The van der Waals surface area contributed by atoms with Gasteiger partial charge >= 0.3 is 0 Å². The Bertz CT molecular complexity index is 502. The van der Waals surface area contributed by atoms with Gasteiger partial charge in [-0.3, -0.25) is 0 Å². The fourth-order valence-electron chi connectivity index (χ4n) is 3.61. The molecule has 1 aromatic rings. The summed E-state index contributed by atoms with van der Waals surface area (Å²) in [6.07, 6.45) is 3.44. The molecule has 0 aliphatic carbocycles. The standard InChI is InChI=1S/C17H23ClO2/c1-12(2)17-9-8-16(3,20-17)15(10-17)19-11-13-6-4-5-7-14(13)18/h4-7,12,15H,8-11H2,1-3H3/t15-,16+,17-/m1/s1. The van der Waals surface area contributed by atoms with Crippen LogP contribution in [0.5, 0.6) is 0 Å². The SMILES string of the molecule is CC(C)[C@]12CC[C@](C)(O1)[C@H](OCc1ccccc1Cl)C2. The van der Waals surface area contributed by atoms with E-state index in [1.165, 1.54) is 0 Å². The van der Waals surface area contributed by atoms with Crippen molar-refractivity contribution in [3.63, 3.8) is 0 Å². The fourth-order valence-corrected chi connectivity index (χ4v) is 3.80. The Balaban J connectivity index is 1.69. The molecule has 0 saturated carbocycles. The Morgan fingerprint density at radius 3 is 2.75 bits per heavy atom. The van der Waals surface area contributed by atoms with Gasteiger partial charge in [0, 0.05) is 11.4 Å². The van der Waals surface area contributed by atoms with Crippen LogP contribution in [0.3, 0.4) is 0 Å². The summed E-state index contributed by atoms with van der Waals surface area (Å²) >= 11 is 6.19. The van der Waals surface area contributed by atoms with E-state index in [9.17, 15) is 0 Å². The van der Waals surface area contributed by atoms with E-state index >= 15 is 0 Å². The van der Waals surface area contributed by atoms with Crippen molar-refractivity contribution in [2.75, 3.05) is 0 Å². The van der Waals surface area contributed by atoms with Crippen LogP contribution in [0, 0.1) is 5.92 Å². The zero-order chi connectivity index (χ0) is 14.4. The third-order valence-corrected chi connectivity index (χ3v) is 5.51. The average Bonchev–Trinajstić information content (AvgIpc) is 2.90. The summed E-state index contributed by atoms with van der Waals surface area (Å²) in [5.41, 5.74) is 0.963. The highest BCUT2D eigenvalue weighted by Gasteiger charge is 2.60. The second kappa shape index (κ2) is 5.01. The third kappa shape index (κ3) is 2.28. The molecule has 110 valence electrons. The van der Waals surface area contributed by atoms with Gasteiger partial charge in [0.2, 0.25) is 0 Å². The Hall–Kier alpha value is -0.570. The van der Waals surface area contributed by atoms with E-state index in [1.807, 2.05) is 24.3 Å². The Kier molecular flexibility index (Phi) is 3.60. The molecule has 2 fully saturated rings. The Labute approximate surface area is 126 Å². The van der Waals surface area contributed by atoms with Crippen molar-refractivity contribution in [2.45, 2.75) is 63.9 Å². The topological polar surface area (TPSA) is 18.5 Å². The highest BCUT2D eigenvalue weighted by atomic mass is 35.5. The third-order valence-electron chi connectivity index (χ3n) is 5.14. The fraction of sp³-hybridized carbons (Fsp3) is 0.647. The molecule has 2 nitrogen and oxygen atoms in total. The molecule has 0 amide bonds. The van der Waals surface area contributed by atoms with Crippen LogP contribution in [0.2, 0.25) is 5.02 Å². The molecule has 0 aromatic heterocycles. The number of fused-ring (bicyclic) bond motifs is 2. The van der Waals surface area contributed by atoms with Gasteiger partial charge in [-0.1, -0.05) is 43.6 Å². The smallest absolute Gasteiger partial charge is 0.0924 e. The molecule has 3 rings (SSSR count). The molecule has 1 aromatic carbocycles. The van der Waals surface area contributed by atoms with Crippen LogP contribution in [-0.2, 0) is 16.1 Å². The van der Waals surface area contributed by atoms with Crippen molar-refractivity contribution in [3.8, 4) is 0 Å². The number of halogens is 1. The molecule has 0 unspecified atom stereocenters. The predicted octanol–water partition coefficient (Wildman–Crippen LogP) is 4.59. The summed E-state index contributed by atoms with van der Waals surface area (Å²) in [7, 11) is 0. The number of rotatable bonds is 4. The van der Waals surface area contributed by atoms with Gasteiger partial charge in [0.1, 0.15) is 0 Å². The molecule has 2 aliphatic heterocycles. The van der Waals surface area contributed by atoms with Crippen LogP contribution in [0.4, 0.5) is 0 Å². The highest BCUT2D eigenvalue weighted by molar-refractivity contribution is 6.31. The second-order valence-electron chi connectivity index (χ2n) is 6.73. The zero-order valence-electron chi connectivity index (χ0n) is 12.5. The lowest BCUT2D eigenvalue weighted by Gasteiger charge is -2.31. The number of benzene rings is 1. The Morgan fingerprint density at radius 2 is 2.10 bits per heavy atom. The minimum Gasteiger partial charge on any atom is -0.370 e. The first-order chi connectivity index (χ1) is 9.45. The van der Waals surface area contributed by atoms with Crippen molar-refractivity contribution in [1.29, 1.82) is 0 Å². The maximum Gasteiger partial charge on any atom is 0.0924 e. The first-order valence-electron chi connectivity index (χ1n) is 7.50. The summed E-state index contributed by atoms with van der Waals surface area (Å²) in [4.78, 5) is 0. The first kappa shape index (κ1) is 14.4. The van der Waals surface area contributed by atoms with Gasteiger partial charge < -0.3 is 9.47 Å². The normalized spacial score (nSPS) is 36.0. The first-order valence-corrected chi connectivity index (χ1v) is 7.88. The van der Waals surface area contributed by atoms with Gasteiger partial charge in [0.25, 0.3) is 0 Å². The van der Waals surface area contributed by atoms with E-state index in [0.717, 1.165) is 29.8 Å². The molecule has 0 radical (unpaired) electrons. The largest absolute Gasteiger partial charge is 0.370 e. The molecule has 0 spiro atoms. The lowest BCUT2D eigenvalue weighted by Crippen LogP contribution is -2.38. The van der Waals surface area contributed by atoms with Gasteiger partial charge in [-0.15, -0.1) is 0 Å². The summed E-state index contributed by atoms with van der Waals surface area (Å²) in [5.74, 6) is 0.540. The van der Waals surface area contributed by atoms with Gasteiger partial charge in [-0.05, 0) is 37.3 Å². The number of hydrogen-bond acceptors (Lipinski definition) is 2. The summed E-state index contributed by atoms with van der Waals surface area (Å²) in [6.45, 7) is 7.27. The average molecular weight is 295 g/mol. The van der Waals surface area contributed by atoms with Gasteiger partial charge in [0.05, 0.1) is 23.9 Å². The van der Waals surface area contributed by atoms with E-state index < -0.39 is 0 Å². The number of hydrogen-bond donors (Lipinski definition) is 0. The molecule has 2 saturated heterocycles. The van der Waals surface area contributed by atoms with E-state index in [4.69, 9.17) is 21.1 Å². The van der Waals surface area contributed by atoms with Crippen LogP contribution in [0.1, 0.15) is 45.6 Å². The predicted molar refractivity (Wildman–Crippen MR) is 80.9 cm³/mol. The molecule has 2 heterocycles. The van der Waals surface area contributed by atoms with Crippen LogP contribution >= 0.6 is 11.6 Å². The number of ether oxygens (including phenoxy) is 2. The molecule has 2 bridgehead atoms. The van der Waals surface area contributed by atoms with Gasteiger partial charge in [0.15, 0.2) is 0 Å². The van der Waals surface area contributed by atoms with Crippen molar-refractivity contribution < 1.29 is 9.47 Å². The Morgan fingerprint density at radius 1 is 1.35 bits per heavy atom. The highest BCUT2D eigenvalue weighted by Crippen LogP contribution is 2.55. The van der Waals surface area contributed by atoms with E-state index in [0.29, 0.717) is 12.5 Å².